The molecule has 0 aliphatic carbocycles. The molecule has 86 valence electrons. The van der Waals surface area contributed by atoms with E-state index < -0.39 is 18.5 Å². The average Bonchev–Trinajstić information content (AvgIpc) is 2.26. The van der Waals surface area contributed by atoms with E-state index in [0.717, 1.165) is 0 Å². The molecule has 0 saturated carbocycles. The van der Waals surface area contributed by atoms with E-state index in [1.54, 1.807) is 30.3 Å². The van der Waals surface area contributed by atoms with Crippen LogP contribution >= 0.6 is 0 Å². The quantitative estimate of drug-likeness (QED) is 0.663. The molecule has 0 aliphatic rings. The van der Waals surface area contributed by atoms with Crippen molar-refractivity contribution in [2.24, 2.45) is 0 Å². The summed E-state index contributed by atoms with van der Waals surface area (Å²) in [6.07, 6.45) is -1.62. The summed E-state index contributed by atoms with van der Waals surface area (Å²) in [7, 11) is 0. The molecule has 5 nitrogen and oxygen atoms in total. The molecular weight excluding hydrogens is 210 g/mol. The van der Waals surface area contributed by atoms with Crippen molar-refractivity contribution in [3.63, 3.8) is 0 Å². The first-order valence-electron chi connectivity index (χ1n) is 4.80. The van der Waals surface area contributed by atoms with Gasteiger partial charge in [-0.1, -0.05) is 18.2 Å². The number of carbonyl (C=O) groups excluding carboxylic acids is 2. The second kappa shape index (κ2) is 5.87. The molecule has 0 bridgehead atoms. The molecule has 0 saturated heterocycles. The van der Waals surface area contributed by atoms with Crippen LogP contribution in [-0.4, -0.2) is 29.6 Å². The molecule has 16 heavy (non-hydrogen) atoms. The lowest BCUT2D eigenvalue weighted by molar-refractivity contribution is -0.307. The van der Waals surface area contributed by atoms with Gasteiger partial charge in [0.05, 0.1) is 6.10 Å². The third kappa shape index (κ3) is 4.10. The van der Waals surface area contributed by atoms with Gasteiger partial charge in [0.1, 0.15) is 0 Å². The van der Waals surface area contributed by atoms with Gasteiger partial charge < -0.3 is 20.3 Å². The fraction of sp³-hybridized carbons (Fsp3) is 0.273. The maximum atomic E-state index is 11.4. The molecule has 0 fully saturated rings. The van der Waals surface area contributed by atoms with Gasteiger partial charge in [-0.2, -0.15) is 0 Å². The van der Waals surface area contributed by atoms with E-state index in [0.29, 0.717) is 5.56 Å². The van der Waals surface area contributed by atoms with Crippen molar-refractivity contribution in [2.75, 3.05) is 6.54 Å². The van der Waals surface area contributed by atoms with Crippen LogP contribution in [0.1, 0.15) is 16.8 Å². The maximum absolute atomic E-state index is 11.4. The van der Waals surface area contributed by atoms with Crippen LogP contribution in [0.25, 0.3) is 0 Å². The van der Waals surface area contributed by atoms with Crippen LogP contribution in [0.5, 0.6) is 0 Å². The number of hydrogen-bond acceptors (Lipinski definition) is 4. The molecule has 0 aliphatic heterocycles. The second-order valence-electron chi connectivity index (χ2n) is 3.31. The van der Waals surface area contributed by atoms with Crippen LogP contribution in [-0.2, 0) is 4.79 Å². The largest absolute Gasteiger partial charge is 0.550 e. The zero-order valence-corrected chi connectivity index (χ0v) is 8.55. The Balaban J connectivity index is 2.39. The number of rotatable bonds is 5. The number of carboxylic acid groups (broad SMARTS) is 1. The Morgan fingerprint density at radius 3 is 2.50 bits per heavy atom. The molecular formula is C11H12NO4-. The number of aliphatic hydroxyl groups excluding tert-OH is 1. The molecule has 1 atom stereocenters. The maximum Gasteiger partial charge on any atom is 0.251 e. The molecule has 1 rings (SSSR count). The van der Waals surface area contributed by atoms with Gasteiger partial charge in [-0.25, -0.2) is 0 Å². The van der Waals surface area contributed by atoms with Crippen molar-refractivity contribution in [3.05, 3.63) is 35.9 Å². The highest BCUT2D eigenvalue weighted by Gasteiger charge is 2.08. The predicted molar refractivity (Wildman–Crippen MR) is 54.4 cm³/mol. The Morgan fingerprint density at radius 2 is 1.94 bits per heavy atom. The number of aliphatic hydroxyl groups is 1. The van der Waals surface area contributed by atoms with Crippen molar-refractivity contribution >= 4 is 11.9 Å². The topological polar surface area (TPSA) is 89.5 Å². The lowest BCUT2D eigenvalue weighted by Gasteiger charge is -2.12. The first kappa shape index (κ1) is 12.2. The molecule has 5 heteroatoms. The number of amides is 1. The van der Waals surface area contributed by atoms with Crippen molar-refractivity contribution in [3.8, 4) is 0 Å². The van der Waals surface area contributed by atoms with Gasteiger partial charge in [-0.05, 0) is 12.1 Å². The molecule has 1 aromatic carbocycles. The van der Waals surface area contributed by atoms with E-state index in [9.17, 15) is 19.8 Å². The molecule has 0 heterocycles. The molecule has 0 radical (unpaired) electrons. The summed E-state index contributed by atoms with van der Waals surface area (Å²) < 4.78 is 0. The van der Waals surface area contributed by atoms with Gasteiger partial charge in [0.25, 0.3) is 5.91 Å². The molecule has 0 unspecified atom stereocenters. The number of benzene rings is 1. The van der Waals surface area contributed by atoms with Gasteiger partial charge in [0.2, 0.25) is 0 Å². The Bertz CT molecular complexity index is 364. The highest BCUT2D eigenvalue weighted by Crippen LogP contribution is 1.98. The van der Waals surface area contributed by atoms with Gasteiger partial charge in [-0.15, -0.1) is 0 Å². The normalized spacial score (nSPS) is 11.8. The molecule has 2 N–H and O–H groups in total. The first-order valence-corrected chi connectivity index (χ1v) is 4.80. The summed E-state index contributed by atoms with van der Waals surface area (Å²) in [5.41, 5.74) is 0.461. The summed E-state index contributed by atoms with van der Waals surface area (Å²) in [6, 6.07) is 8.46. The van der Waals surface area contributed by atoms with Crippen molar-refractivity contribution in [1.29, 1.82) is 0 Å². The number of carboxylic acids is 1. The SMILES string of the molecule is O=C([O-])C[C@@H](O)CNC(=O)c1ccccc1. The predicted octanol–water partition coefficient (Wildman–Crippen LogP) is -1.08. The molecule has 0 spiro atoms. The molecule has 1 amide bonds. The van der Waals surface area contributed by atoms with Crippen molar-refractivity contribution < 1.29 is 19.8 Å². The van der Waals surface area contributed by atoms with E-state index in [-0.39, 0.29) is 12.5 Å². The standard InChI is InChI=1S/C11H13NO4/c13-9(6-10(14)15)7-12-11(16)8-4-2-1-3-5-8/h1-5,9,13H,6-7H2,(H,12,16)(H,14,15)/p-1/t9-/m1/s1. The van der Waals surface area contributed by atoms with Crippen LogP contribution < -0.4 is 10.4 Å². The van der Waals surface area contributed by atoms with E-state index in [1.165, 1.54) is 0 Å². The fourth-order valence-electron chi connectivity index (χ4n) is 1.17. The second-order valence-corrected chi connectivity index (χ2v) is 3.31. The number of aliphatic carboxylic acids is 1. The highest BCUT2D eigenvalue weighted by atomic mass is 16.4. The number of nitrogens with one attached hydrogen (secondary N) is 1. The third-order valence-corrected chi connectivity index (χ3v) is 1.94. The number of carbonyl (C=O) groups is 2. The summed E-state index contributed by atoms with van der Waals surface area (Å²) >= 11 is 0. The van der Waals surface area contributed by atoms with Crippen molar-refractivity contribution in [2.45, 2.75) is 12.5 Å². The third-order valence-electron chi connectivity index (χ3n) is 1.94. The van der Waals surface area contributed by atoms with E-state index >= 15 is 0 Å². The Kier molecular flexibility index (Phi) is 4.47. The number of hydrogen-bond donors (Lipinski definition) is 2. The fourth-order valence-corrected chi connectivity index (χ4v) is 1.17. The monoisotopic (exact) mass is 222 g/mol. The van der Waals surface area contributed by atoms with Gasteiger partial charge in [0, 0.05) is 24.5 Å². The smallest absolute Gasteiger partial charge is 0.251 e. The Hall–Kier alpha value is -1.88. The highest BCUT2D eigenvalue weighted by molar-refractivity contribution is 5.94. The molecule has 1 aromatic rings. The Labute approximate surface area is 92.7 Å². The zero-order valence-electron chi connectivity index (χ0n) is 8.55. The van der Waals surface area contributed by atoms with Crippen LogP contribution in [0, 0.1) is 0 Å². The van der Waals surface area contributed by atoms with Crippen LogP contribution in [0.15, 0.2) is 30.3 Å². The summed E-state index contributed by atoms with van der Waals surface area (Å²) in [4.78, 5) is 21.6. The summed E-state index contributed by atoms with van der Waals surface area (Å²) in [6.45, 7) is -0.109. The summed E-state index contributed by atoms with van der Waals surface area (Å²) in [5, 5.41) is 21.7. The van der Waals surface area contributed by atoms with Crippen LogP contribution in [0.2, 0.25) is 0 Å². The van der Waals surface area contributed by atoms with E-state index in [2.05, 4.69) is 5.32 Å². The zero-order chi connectivity index (χ0) is 12.0. The minimum atomic E-state index is -1.35. The van der Waals surface area contributed by atoms with E-state index in [4.69, 9.17) is 0 Å². The van der Waals surface area contributed by atoms with Gasteiger partial charge >= 0.3 is 0 Å². The Morgan fingerprint density at radius 1 is 1.31 bits per heavy atom. The van der Waals surface area contributed by atoms with Gasteiger partial charge in [0.15, 0.2) is 0 Å². The first-order chi connectivity index (χ1) is 7.59. The van der Waals surface area contributed by atoms with Crippen molar-refractivity contribution in [1.82, 2.24) is 5.32 Å². The van der Waals surface area contributed by atoms with Crippen LogP contribution in [0.3, 0.4) is 0 Å². The van der Waals surface area contributed by atoms with Gasteiger partial charge in [-0.3, -0.25) is 4.79 Å². The lowest BCUT2D eigenvalue weighted by Crippen LogP contribution is -2.36. The average molecular weight is 222 g/mol. The minimum absolute atomic E-state index is 0.109. The summed E-state index contributed by atoms with van der Waals surface area (Å²) in [5.74, 6) is -1.69. The molecule has 0 aromatic heterocycles. The van der Waals surface area contributed by atoms with E-state index in [1.807, 2.05) is 0 Å². The van der Waals surface area contributed by atoms with Crippen LogP contribution in [0.4, 0.5) is 0 Å². The minimum Gasteiger partial charge on any atom is -0.550 e. The lowest BCUT2D eigenvalue weighted by atomic mass is 10.2.